The predicted molar refractivity (Wildman–Crippen MR) is 130 cm³/mol. The molecule has 180 valence electrons. The molecule has 5 nitrogen and oxygen atoms in total. The van der Waals surface area contributed by atoms with Gasteiger partial charge in [0, 0.05) is 10.2 Å². The Hall–Kier alpha value is -3.77. The van der Waals surface area contributed by atoms with Crippen LogP contribution in [0.5, 0.6) is 11.5 Å². The summed E-state index contributed by atoms with van der Waals surface area (Å²) in [7, 11) is 1.46. The average molecular weight is 545 g/mol. The second-order valence-corrected chi connectivity index (χ2v) is 8.36. The molecule has 0 saturated heterocycles. The summed E-state index contributed by atoms with van der Waals surface area (Å²) < 4.78 is 50.6. The van der Waals surface area contributed by atoms with Crippen LogP contribution >= 0.6 is 15.9 Å². The summed E-state index contributed by atoms with van der Waals surface area (Å²) in [5.41, 5.74) is 1.23. The minimum atomic E-state index is -4.56. The number of nitrogens with one attached hydrogen (secondary N) is 1. The first-order valence-corrected chi connectivity index (χ1v) is 11.1. The fourth-order valence-corrected chi connectivity index (χ4v) is 3.61. The van der Waals surface area contributed by atoms with E-state index in [4.69, 9.17) is 9.47 Å². The van der Waals surface area contributed by atoms with Crippen molar-refractivity contribution in [1.29, 1.82) is 5.26 Å². The van der Waals surface area contributed by atoms with Crippen LogP contribution in [0.2, 0.25) is 0 Å². The Morgan fingerprint density at radius 2 is 1.86 bits per heavy atom. The van der Waals surface area contributed by atoms with Crippen LogP contribution in [0.4, 0.5) is 18.9 Å². The molecule has 0 saturated carbocycles. The van der Waals surface area contributed by atoms with E-state index in [1.165, 1.54) is 25.3 Å². The number of aryl methyl sites for hydroxylation is 1. The van der Waals surface area contributed by atoms with Crippen molar-refractivity contribution in [2.75, 3.05) is 12.4 Å². The number of carbonyl (C=O) groups excluding carboxylic acids is 1. The molecule has 3 aromatic carbocycles. The number of nitrogens with zero attached hydrogens (tertiary/aromatic N) is 1. The lowest BCUT2D eigenvalue weighted by atomic mass is 10.1. The molecule has 1 N–H and O–H groups in total. The zero-order valence-electron chi connectivity index (χ0n) is 18.7. The van der Waals surface area contributed by atoms with Crippen LogP contribution in [0.25, 0.3) is 6.08 Å². The summed E-state index contributed by atoms with van der Waals surface area (Å²) in [6.45, 7) is 2.29. The lowest BCUT2D eigenvalue weighted by Crippen LogP contribution is -2.14. The van der Waals surface area contributed by atoms with Crippen molar-refractivity contribution in [2.45, 2.75) is 19.7 Å². The average Bonchev–Trinajstić information content (AvgIpc) is 2.81. The number of benzene rings is 3. The Morgan fingerprint density at radius 3 is 2.51 bits per heavy atom. The molecule has 0 fully saturated rings. The molecule has 0 aliphatic carbocycles. The lowest BCUT2D eigenvalue weighted by Gasteiger charge is -2.13. The Kier molecular flexibility index (Phi) is 8.20. The van der Waals surface area contributed by atoms with Gasteiger partial charge >= 0.3 is 6.18 Å². The van der Waals surface area contributed by atoms with Crippen LogP contribution in [0, 0.1) is 18.3 Å². The molecule has 35 heavy (non-hydrogen) atoms. The van der Waals surface area contributed by atoms with Gasteiger partial charge in [0.1, 0.15) is 18.2 Å². The molecule has 0 bridgehead atoms. The molecular formula is C26H20BrF3N2O3. The molecule has 1 amide bonds. The molecule has 0 atom stereocenters. The van der Waals surface area contributed by atoms with Crippen molar-refractivity contribution in [3.63, 3.8) is 0 Å². The minimum Gasteiger partial charge on any atom is -0.493 e. The molecule has 0 unspecified atom stereocenters. The van der Waals surface area contributed by atoms with Crippen LogP contribution in [0.15, 0.2) is 70.7 Å². The third kappa shape index (κ3) is 6.87. The number of methoxy groups -OCH3 is 1. The van der Waals surface area contributed by atoms with Gasteiger partial charge in [0.2, 0.25) is 0 Å². The Morgan fingerprint density at radius 1 is 1.11 bits per heavy atom. The van der Waals surface area contributed by atoms with E-state index in [2.05, 4.69) is 21.2 Å². The van der Waals surface area contributed by atoms with Crippen LogP contribution in [0.3, 0.4) is 0 Å². The first kappa shape index (κ1) is 25.8. The van der Waals surface area contributed by atoms with Gasteiger partial charge in [-0.05, 0) is 54.5 Å². The standard InChI is InChI=1S/C26H20BrF3N2O3/c1-16-5-3-6-17(9-16)15-35-24-13-22(27)18(11-23(24)34-2)10-19(14-31)25(33)32-21-8-4-7-20(12-21)26(28,29)30/h3-13H,15H2,1-2H3,(H,32,33)/b19-10-. The highest BCUT2D eigenvalue weighted by Gasteiger charge is 2.30. The molecule has 0 aliphatic heterocycles. The van der Waals surface area contributed by atoms with Gasteiger partial charge < -0.3 is 14.8 Å². The second-order valence-electron chi connectivity index (χ2n) is 7.50. The highest BCUT2D eigenvalue weighted by atomic mass is 79.9. The van der Waals surface area contributed by atoms with E-state index in [-0.39, 0.29) is 11.3 Å². The monoisotopic (exact) mass is 544 g/mol. The van der Waals surface area contributed by atoms with Crippen molar-refractivity contribution in [3.8, 4) is 17.6 Å². The number of rotatable bonds is 7. The number of nitriles is 1. The molecule has 3 aromatic rings. The number of hydrogen-bond donors (Lipinski definition) is 1. The lowest BCUT2D eigenvalue weighted by molar-refractivity contribution is -0.137. The third-order valence-corrected chi connectivity index (χ3v) is 5.56. The van der Waals surface area contributed by atoms with Crippen molar-refractivity contribution in [2.24, 2.45) is 0 Å². The molecule has 0 aromatic heterocycles. The van der Waals surface area contributed by atoms with Crippen molar-refractivity contribution in [3.05, 3.63) is 93.0 Å². The van der Waals surface area contributed by atoms with E-state index < -0.39 is 17.6 Å². The normalized spacial score (nSPS) is 11.5. The number of hydrogen-bond acceptors (Lipinski definition) is 4. The number of ether oxygens (including phenoxy) is 2. The molecule has 0 spiro atoms. The molecule has 0 radical (unpaired) electrons. The van der Waals surface area contributed by atoms with Crippen LogP contribution in [-0.2, 0) is 17.6 Å². The molecule has 3 rings (SSSR count). The first-order chi connectivity index (χ1) is 16.6. The van der Waals surface area contributed by atoms with Gasteiger partial charge in [-0.15, -0.1) is 0 Å². The van der Waals surface area contributed by atoms with E-state index in [1.807, 2.05) is 31.2 Å². The van der Waals surface area contributed by atoms with Crippen molar-refractivity contribution < 1.29 is 27.4 Å². The van der Waals surface area contributed by atoms with E-state index >= 15 is 0 Å². The molecule has 9 heteroatoms. The zero-order chi connectivity index (χ0) is 25.6. The minimum absolute atomic E-state index is 0.0810. The SMILES string of the molecule is COc1cc(/C=C(/C#N)C(=O)Nc2cccc(C(F)(F)F)c2)c(Br)cc1OCc1cccc(C)c1. The summed E-state index contributed by atoms with van der Waals surface area (Å²) in [4.78, 5) is 12.6. The number of anilines is 1. The predicted octanol–water partition coefficient (Wildman–Crippen LogP) is 6.91. The van der Waals surface area contributed by atoms with Crippen molar-refractivity contribution >= 4 is 33.6 Å². The molecular weight excluding hydrogens is 525 g/mol. The van der Waals surface area contributed by atoms with Crippen molar-refractivity contribution in [1.82, 2.24) is 0 Å². The highest BCUT2D eigenvalue weighted by Crippen LogP contribution is 2.35. The number of amides is 1. The largest absolute Gasteiger partial charge is 0.493 e. The van der Waals surface area contributed by atoms with E-state index in [0.717, 1.165) is 23.3 Å². The summed E-state index contributed by atoms with van der Waals surface area (Å²) in [5, 5.41) is 11.8. The maximum atomic E-state index is 12.9. The maximum Gasteiger partial charge on any atom is 0.416 e. The Bertz CT molecular complexity index is 1310. The quantitative estimate of drug-likeness (QED) is 0.259. The third-order valence-electron chi connectivity index (χ3n) is 4.87. The van der Waals surface area contributed by atoms with Gasteiger partial charge in [-0.1, -0.05) is 51.8 Å². The van der Waals surface area contributed by atoms with Crippen LogP contribution in [-0.4, -0.2) is 13.0 Å². The number of halogens is 4. The number of carbonyl (C=O) groups is 1. The Labute approximate surface area is 208 Å². The smallest absolute Gasteiger partial charge is 0.416 e. The fraction of sp³-hybridized carbons (Fsp3) is 0.154. The topological polar surface area (TPSA) is 71.3 Å². The fourth-order valence-electron chi connectivity index (χ4n) is 3.17. The zero-order valence-corrected chi connectivity index (χ0v) is 20.3. The van der Waals surface area contributed by atoms with Gasteiger partial charge in [0.25, 0.3) is 5.91 Å². The first-order valence-electron chi connectivity index (χ1n) is 10.3. The number of alkyl halides is 3. The highest BCUT2D eigenvalue weighted by molar-refractivity contribution is 9.10. The summed E-state index contributed by atoms with van der Waals surface area (Å²) in [5.74, 6) is -0.0231. The summed E-state index contributed by atoms with van der Waals surface area (Å²) in [6, 6.07) is 17.0. The van der Waals surface area contributed by atoms with Gasteiger partial charge in [0.05, 0.1) is 12.7 Å². The van der Waals surface area contributed by atoms with E-state index in [0.29, 0.717) is 28.1 Å². The molecule has 0 heterocycles. The van der Waals surface area contributed by atoms with Gasteiger partial charge in [-0.25, -0.2) is 0 Å². The van der Waals surface area contributed by atoms with Gasteiger partial charge in [0.15, 0.2) is 11.5 Å². The van der Waals surface area contributed by atoms with Crippen LogP contribution in [0.1, 0.15) is 22.3 Å². The van der Waals surface area contributed by atoms with Gasteiger partial charge in [-0.3, -0.25) is 4.79 Å². The van der Waals surface area contributed by atoms with E-state index in [1.54, 1.807) is 18.2 Å². The maximum absolute atomic E-state index is 12.9. The van der Waals surface area contributed by atoms with E-state index in [9.17, 15) is 23.2 Å². The Balaban J connectivity index is 1.82. The van der Waals surface area contributed by atoms with Gasteiger partial charge in [-0.2, -0.15) is 18.4 Å². The summed E-state index contributed by atoms with van der Waals surface area (Å²) >= 11 is 3.41. The van der Waals surface area contributed by atoms with Crippen LogP contribution < -0.4 is 14.8 Å². The molecule has 0 aliphatic rings. The summed E-state index contributed by atoms with van der Waals surface area (Å²) in [6.07, 6.45) is -3.25. The second kappa shape index (κ2) is 11.1.